The molecule has 2 aromatic carbocycles. The largest absolute Gasteiger partial charge is 0.489 e. The van der Waals surface area contributed by atoms with Crippen LogP contribution in [0.3, 0.4) is 0 Å². The first kappa shape index (κ1) is 17.0. The second-order valence-electron chi connectivity index (χ2n) is 6.13. The Kier molecular flexibility index (Phi) is 5.33. The van der Waals surface area contributed by atoms with Gasteiger partial charge in [0.25, 0.3) is 5.91 Å². The summed E-state index contributed by atoms with van der Waals surface area (Å²) in [6.07, 6.45) is 1.17. The molecule has 1 atom stereocenters. The van der Waals surface area contributed by atoms with Crippen LogP contribution in [0.5, 0.6) is 5.75 Å². The number of carbonyl (C=O) groups is 2. The van der Waals surface area contributed by atoms with Crippen LogP contribution >= 0.6 is 0 Å². The van der Waals surface area contributed by atoms with E-state index in [1.165, 1.54) is 0 Å². The lowest BCUT2D eigenvalue weighted by Gasteiger charge is -2.13. The SMILES string of the molecule is C[C@@H](OC(=O)c1cccc(OCc2ccccc2)c1)C(=O)NC1CC1. The van der Waals surface area contributed by atoms with Crippen molar-refractivity contribution in [2.24, 2.45) is 0 Å². The fraction of sp³-hybridized carbons (Fsp3) is 0.300. The average Bonchev–Trinajstić information content (AvgIpc) is 3.45. The smallest absolute Gasteiger partial charge is 0.339 e. The summed E-state index contributed by atoms with van der Waals surface area (Å²) in [5, 5.41) is 2.82. The van der Waals surface area contributed by atoms with Gasteiger partial charge in [-0.25, -0.2) is 4.79 Å². The Morgan fingerprint density at radius 2 is 1.88 bits per heavy atom. The van der Waals surface area contributed by atoms with Crippen molar-refractivity contribution in [2.75, 3.05) is 0 Å². The topological polar surface area (TPSA) is 64.6 Å². The number of nitrogens with one attached hydrogen (secondary N) is 1. The van der Waals surface area contributed by atoms with E-state index >= 15 is 0 Å². The molecular formula is C20H21NO4. The van der Waals surface area contributed by atoms with Gasteiger partial charge in [0.2, 0.25) is 0 Å². The van der Waals surface area contributed by atoms with Crippen LogP contribution in [0.2, 0.25) is 0 Å². The summed E-state index contributed by atoms with van der Waals surface area (Å²) < 4.78 is 10.9. The van der Waals surface area contributed by atoms with Crippen LogP contribution in [0.15, 0.2) is 54.6 Å². The third-order valence-electron chi connectivity index (χ3n) is 3.89. The Labute approximate surface area is 147 Å². The summed E-state index contributed by atoms with van der Waals surface area (Å²) in [6.45, 7) is 1.99. The quantitative estimate of drug-likeness (QED) is 0.787. The van der Waals surface area contributed by atoms with Gasteiger partial charge in [0.1, 0.15) is 12.4 Å². The Morgan fingerprint density at radius 1 is 1.12 bits per heavy atom. The van der Waals surface area contributed by atoms with Crippen molar-refractivity contribution >= 4 is 11.9 Å². The first-order valence-corrected chi connectivity index (χ1v) is 8.40. The van der Waals surface area contributed by atoms with Crippen LogP contribution in [0.4, 0.5) is 0 Å². The van der Waals surface area contributed by atoms with E-state index < -0.39 is 12.1 Å². The van der Waals surface area contributed by atoms with Gasteiger partial charge in [-0.15, -0.1) is 0 Å². The van der Waals surface area contributed by atoms with Crippen LogP contribution < -0.4 is 10.1 Å². The average molecular weight is 339 g/mol. The first-order valence-electron chi connectivity index (χ1n) is 8.40. The Hall–Kier alpha value is -2.82. The highest BCUT2D eigenvalue weighted by molar-refractivity contribution is 5.92. The van der Waals surface area contributed by atoms with Crippen LogP contribution in [-0.4, -0.2) is 24.0 Å². The predicted octanol–water partition coefficient (Wildman–Crippen LogP) is 3.09. The van der Waals surface area contributed by atoms with E-state index in [2.05, 4.69) is 5.32 Å². The molecule has 2 aromatic rings. The van der Waals surface area contributed by atoms with Crippen molar-refractivity contribution in [3.05, 3.63) is 65.7 Å². The van der Waals surface area contributed by atoms with Gasteiger partial charge in [0.05, 0.1) is 5.56 Å². The van der Waals surface area contributed by atoms with Gasteiger partial charge in [0, 0.05) is 6.04 Å². The highest BCUT2D eigenvalue weighted by Crippen LogP contribution is 2.19. The van der Waals surface area contributed by atoms with Crippen LogP contribution in [-0.2, 0) is 16.1 Å². The number of amides is 1. The number of rotatable bonds is 7. The van der Waals surface area contributed by atoms with Gasteiger partial charge in [-0.1, -0.05) is 36.4 Å². The molecule has 0 saturated heterocycles. The molecule has 1 aliphatic carbocycles. The lowest BCUT2D eigenvalue weighted by Crippen LogP contribution is -2.37. The van der Waals surface area contributed by atoms with E-state index in [0.717, 1.165) is 18.4 Å². The molecular weight excluding hydrogens is 318 g/mol. The monoisotopic (exact) mass is 339 g/mol. The molecule has 130 valence electrons. The molecule has 0 spiro atoms. The van der Waals surface area contributed by atoms with Crippen molar-refractivity contribution in [3.8, 4) is 5.75 Å². The molecule has 0 bridgehead atoms. The normalized spacial score (nSPS) is 14.4. The maximum atomic E-state index is 12.2. The van der Waals surface area contributed by atoms with Crippen molar-refractivity contribution in [1.29, 1.82) is 0 Å². The number of hydrogen-bond acceptors (Lipinski definition) is 4. The van der Waals surface area contributed by atoms with Crippen LogP contribution in [0, 0.1) is 0 Å². The van der Waals surface area contributed by atoms with Crippen molar-refractivity contribution in [1.82, 2.24) is 5.32 Å². The van der Waals surface area contributed by atoms with Crippen molar-refractivity contribution in [3.63, 3.8) is 0 Å². The molecule has 1 saturated carbocycles. The molecule has 1 N–H and O–H groups in total. The summed E-state index contributed by atoms with van der Waals surface area (Å²) in [5.41, 5.74) is 1.40. The molecule has 1 amide bonds. The highest BCUT2D eigenvalue weighted by atomic mass is 16.5. The number of carbonyl (C=O) groups excluding carboxylic acids is 2. The minimum atomic E-state index is -0.818. The molecule has 5 heteroatoms. The fourth-order valence-corrected chi connectivity index (χ4v) is 2.28. The maximum Gasteiger partial charge on any atom is 0.339 e. The summed E-state index contributed by atoms with van der Waals surface area (Å²) in [6, 6.07) is 16.8. The molecule has 3 rings (SSSR count). The molecule has 0 aliphatic heterocycles. The summed E-state index contributed by atoms with van der Waals surface area (Å²) >= 11 is 0. The molecule has 0 heterocycles. The molecule has 0 unspecified atom stereocenters. The second-order valence-corrected chi connectivity index (χ2v) is 6.13. The zero-order valence-corrected chi connectivity index (χ0v) is 14.1. The van der Waals surface area contributed by atoms with Gasteiger partial charge in [0.15, 0.2) is 6.10 Å². The van der Waals surface area contributed by atoms with Gasteiger partial charge < -0.3 is 14.8 Å². The first-order chi connectivity index (χ1) is 12.1. The predicted molar refractivity (Wildman–Crippen MR) is 93.3 cm³/mol. The Morgan fingerprint density at radius 3 is 2.60 bits per heavy atom. The van der Waals surface area contributed by atoms with E-state index in [0.29, 0.717) is 17.9 Å². The standard InChI is InChI=1S/C20H21NO4/c1-14(19(22)21-17-10-11-17)25-20(23)16-8-5-9-18(12-16)24-13-15-6-3-2-4-7-15/h2-9,12,14,17H,10-11,13H2,1H3,(H,21,22)/t14-/m1/s1. The molecule has 0 radical (unpaired) electrons. The molecule has 1 fully saturated rings. The van der Waals surface area contributed by atoms with Gasteiger partial charge in [-0.05, 0) is 43.5 Å². The zero-order valence-electron chi connectivity index (χ0n) is 14.1. The van der Waals surface area contributed by atoms with Crippen molar-refractivity contribution < 1.29 is 19.1 Å². The molecule has 5 nitrogen and oxygen atoms in total. The fourth-order valence-electron chi connectivity index (χ4n) is 2.28. The van der Waals surface area contributed by atoms with E-state index in [9.17, 15) is 9.59 Å². The highest BCUT2D eigenvalue weighted by Gasteiger charge is 2.27. The summed E-state index contributed by atoms with van der Waals surface area (Å²) in [7, 11) is 0. The van der Waals surface area contributed by atoms with Crippen LogP contribution in [0.1, 0.15) is 35.7 Å². The zero-order chi connectivity index (χ0) is 17.6. The van der Waals surface area contributed by atoms with E-state index in [1.54, 1.807) is 31.2 Å². The van der Waals surface area contributed by atoms with E-state index in [1.807, 2.05) is 30.3 Å². The van der Waals surface area contributed by atoms with Gasteiger partial charge in [-0.3, -0.25) is 4.79 Å². The summed E-state index contributed by atoms with van der Waals surface area (Å²) in [4.78, 5) is 24.1. The molecule has 0 aromatic heterocycles. The minimum Gasteiger partial charge on any atom is -0.489 e. The lowest BCUT2D eigenvalue weighted by atomic mass is 10.2. The third kappa shape index (κ3) is 5.08. The number of ether oxygens (including phenoxy) is 2. The lowest BCUT2D eigenvalue weighted by molar-refractivity contribution is -0.129. The Balaban J connectivity index is 1.56. The molecule has 25 heavy (non-hydrogen) atoms. The third-order valence-corrected chi connectivity index (χ3v) is 3.89. The number of benzene rings is 2. The minimum absolute atomic E-state index is 0.239. The van der Waals surface area contributed by atoms with Crippen LogP contribution in [0.25, 0.3) is 0 Å². The van der Waals surface area contributed by atoms with E-state index in [-0.39, 0.29) is 11.9 Å². The van der Waals surface area contributed by atoms with Gasteiger partial charge >= 0.3 is 5.97 Å². The second kappa shape index (κ2) is 7.83. The number of esters is 1. The number of hydrogen-bond donors (Lipinski definition) is 1. The Bertz CT molecular complexity index is 740. The van der Waals surface area contributed by atoms with E-state index in [4.69, 9.17) is 9.47 Å². The maximum absolute atomic E-state index is 12.2. The van der Waals surface area contributed by atoms with Crippen molar-refractivity contribution in [2.45, 2.75) is 38.5 Å². The molecule has 1 aliphatic rings. The van der Waals surface area contributed by atoms with Gasteiger partial charge in [-0.2, -0.15) is 0 Å². The summed E-state index contributed by atoms with van der Waals surface area (Å²) in [5.74, 6) is -0.218.